The minimum absolute atomic E-state index is 0.0205. The first kappa shape index (κ1) is 30.5. The number of hydrogen-bond acceptors (Lipinski definition) is 8. The van der Waals surface area contributed by atoms with E-state index in [0.717, 1.165) is 21.7 Å². The Labute approximate surface area is 245 Å². The van der Waals surface area contributed by atoms with Crippen LogP contribution in [0, 0.1) is 29.1 Å². The molecule has 1 saturated carbocycles. The number of benzene rings is 1. The second-order valence-electron chi connectivity index (χ2n) is 12.3. The number of rotatable bonds is 9. The van der Waals surface area contributed by atoms with Crippen LogP contribution in [0.4, 0.5) is 0 Å². The zero-order valence-corrected chi connectivity index (χ0v) is 25.3. The number of β-amino-alcohol motifs (C(OH)–C–C–N with tert-alkyl or cyclic N) is 1. The van der Waals surface area contributed by atoms with Crippen molar-refractivity contribution in [1.29, 1.82) is 5.26 Å². The number of carbonyl (C=O) groups excluding carboxylic acids is 3. The summed E-state index contributed by atoms with van der Waals surface area (Å²) in [4.78, 5) is 46.8. The van der Waals surface area contributed by atoms with E-state index in [0.29, 0.717) is 18.6 Å². The average Bonchev–Trinajstić information content (AvgIpc) is 3.44. The van der Waals surface area contributed by atoms with Crippen molar-refractivity contribution in [3.63, 3.8) is 0 Å². The molecule has 2 aliphatic rings. The molecule has 0 radical (unpaired) electrons. The van der Waals surface area contributed by atoms with Gasteiger partial charge in [-0.15, -0.1) is 11.3 Å². The lowest BCUT2D eigenvalue weighted by Gasteiger charge is -2.35. The van der Waals surface area contributed by atoms with Gasteiger partial charge in [-0.2, -0.15) is 5.26 Å². The molecule has 0 unspecified atom stereocenters. The van der Waals surface area contributed by atoms with E-state index in [1.807, 2.05) is 59.7 Å². The largest absolute Gasteiger partial charge is 0.491 e. The maximum Gasteiger partial charge on any atom is 0.246 e. The summed E-state index contributed by atoms with van der Waals surface area (Å²) in [7, 11) is 0. The molecular formula is C30H39N5O5S. The third-order valence-electron chi connectivity index (χ3n) is 7.54. The molecule has 2 aromatic rings. The van der Waals surface area contributed by atoms with Gasteiger partial charge in [0.25, 0.3) is 0 Å². The van der Waals surface area contributed by atoms with Crippen LogP contribution in [0.15, 0.2) is 23.7 Å². The van der Waals surface area contributed by atoms with Crippen LogP contribution >= 0.6 is 11.3 Å². The van der Waals surface area contributed by atoms with Gasteiger partial charge in [-0.1, -0.05) is 32.9 Å². The van der Waals surface area contributed by atoms with Gasteiger partial charge in [-0.25, -0.2) is 4.98 Å². The zero-order valence-electron chi connectivity index (χ0n) is 24.5. The monoisotopic (exact) mass is 581 g/mol. The van der Waals surface area contributed by atoms with Gasteiger partial charge in [-0.05, 0) is 50.7 Å². The summed E-state index contributed by atoms with van der Waals surface area (Å²) in [6.45, 7) is 11.4. The Balaban J connectivity index is 1.50. The molecule has 3 N–H and O–H groups in total. The Morgan fingerprint density at radius 3 is 2.56 bits per heavy atom. The lowest BCUT2D eigenvalue weighted by atomic mass is 9.85. The lowest BCUT2D eigenvalue weighted by molar-refractivity contribution is -0.144. The minimum Gasteiger partial charge on any atom is -0.491 e. The molecule has 10 nitrogen and oxygen atoms in total. The Morgan fingerprint density at radius 1 is 1.29 bits per heavy atom. The molecule has 2 heterocycles. The average molecular weight is 582 g/mol. The molecule has 1 saturated heterocycles. The summed E-state index contributed by atoms with van der Waals surface area (Å²) < 4.78 is 6.07. The van der Waals surface area contributed by atoms with E-state index in [-0.39, 0.29) is 25.6 Å². The van der Waals surface area contributed by atoms with Gasteiger partial charge in [0.05, 0.1) is 34.4 Å². The van der Waals surface area contributed by atoms with Crippen LogP contribution in [0.1, 0.15) is 65.1 Å². The Bertz CT molecular complexity index is 1350. The molecule has 3 atom stereocenters. The molecule has 11 heteroatoms. The van der Waals surface area contributed by atoms with Crippen LogP contribution in [0.2, 0.25) is 0 Å². The first-order chi connectivity index (χ1) is 19.3. The van der Waals surface area contributed by atoms with E-state index >= 15 is 0 Å². The number of nitrogens with one attached hydrogen (secondary N) is 2. The van der Waals surface area contributed by atoms with Crippen molar-refractivity contribution >= 4 is 29.1 Å². The van der Waals surface area contributed by atoms with Gasteiger partial charge < -0.3 is 25.4 Å². The van der Waals surface area contributed by atoms with E-state index in [1.54, 1.807) is 16.8 Å². The van der Waals surface area contributed by atoms with Crippen LogP contribution in [-0.4, -0.2) is 63.5 Å². The van der Waals surface area contributed by atoms with E-state index in [1.165, 1.54) is 4.90 Å². The Hall–Kier alpha value is -3.49. The fraction of sp³-hybridized carbons (Fsp3) is 0.567. The first-order valence-corrected chi connectivity index (χ1v) is 14.8. The number of aryl methyl sites for hydroxylation is 1. The highest BCUT2D eigenvalue weighted by molar-refractivity contribution is 7.13. The predicted molar refractivity (Wildman–Crippen MR) is 155 cm³/mol. The number of nitrogens with zero attached hydrogens (tertiary/aromatic N) is 3. The summed E-state index contributed by atoms with van der Waals surface area (Å²) in [5.74, 6) is -0.678. The molecular weight excluding hydrogens is 542 g/mol. The second-order valence-corrected chi connectivity index (χ2v) is 13.2. The quantitative estimate of drug-likeness (QED) is 0.412. The minimum atomic E-state index is -1.09. The number of carbonyl (C=O) groups is 3. The molecule has 0 spiro atoms. The number of amides is 3. The van der Waals surface area contributed by atoms with Gasteiger partial charge in [0.1, 0.15) is 23.2 Å². The normalized spacial score (nSPS) is 20.3. The van der Waals surface area contributed by atoms with Crippen molar-refractivity contribution < 1.29 is 24.2 Å². The number of likely N-dealkylation sites (tertiary alicyclic amines) is 1. The van der Waals surface area contributed by atoms with Crippen LogP contribution in [0.3, 0.4) is 0 Å². The van der Waals surface area contributed by atoms with E-state index < -0.39 is 46.7 Å². The zero-order chi connectivity index (χ0) is 30.1. The van der Waals surface area contributed by atoms with Gasteiger partial charge in [0.15, 0.2) is 0 Å². The van der Waals surface area contributed by atoms with Crippen LogP contribution < -0.4 is 15.4 Å². The molecule has 2 fully saturated rings. The highest BCUT2D eigenvalue weighted by Crippen LogP contribution is 2.45. The van der Waals surface area contributed by atoms with Gasteiger partial charge in [0.2, 0.25) is 17.7 Å². The number of thiazole rings is 1. The molecule has 220 valence electrons. The molecule has 1 aromatic heterocycles. The standard InChI is InChI=1S/C30H39N5O5S/c1-17(2)40-23-11-19(24-18(3)33-16-41-24)7-8-20(23)13-32-26(37)22-12-21(36)14-35(22)27(38)25(29(4,5)6)34-28(39)30(15-31)9-10-30/h7-8,11,16-17,21-22,25,36H,9-10,12-14H2,1-6H3,(H,32,37)(H,34,39)/t21-,22+,25-/m1/s1. The summed E-state index contributed by atoms with van der Waals surface area (Å²) >= 11 is 1.55. The SMILES string of the molecule is Cc1ncsc1-c1ccc(CNC(=O)[C@@H]2C[C@@H](O)CN2C(=O)[C@@H](NC(=O)C2(C#N)CC2)C(C)(C)C)c(OC(C)C)c1. The van der Waals surface area contributed by atoms with Crippen LogP contribution in [0.5, 0.6) is 5.75 Å². The van der Waals surface area contributed by atoms with Crippen molar-refractivity contribution in [2.24, 2.45) is 10.8 Å². The highest BCUT2D eigenvalue weighted by atomic mass is 32.1. The van der Waals surface area contributed by atoms with Gasteiger partial charge in [-0.3, -0.25) is 14.4 Å². The number of nitriles is 1. The lowest BCUT2D eigenvalue weighted by Crippen LogP contribution is -2.58. The summed E-state index contributed by atoms with van der Waals surface area (Å²) in [5, 5.41) is 25.6. The number of aliphatic hydroxyl groups excluding tert-OH is 1. The van der Waals surface area contributed by atoms with Gasteiger partial charge >= 0.3 is 0 Å². The molecule has 3 amide bonds. The van der Waals surface area contributed by atoms with Crippen LogP contribution in [0.25, 0.3) is 10.4 Å². The van der Waals surface area contributed by atoms with Crippen molar-refractivity contribution in [3.05, 3.63) is 35.0 Å². The molecule has 41 heavy (non-hydrogen) atoms. The molecule has 1 aromatic carbocycles. The van der Waals surface area contributed by atoms with Crippen molar-refractivity contribution in [1.82, 2.24) is 20.5 Å². The topological polar surface area (TPSA) is 145 Å². The number of ether oxygens (including phenoxy) is 1. The second kappa shape index (κ2) is 11.8. The third-order valence-corrected chi connectivity index (χ3v) is 8.52. The van der Waals surface area contributed by atoms with Crippen molar-refractivity contribution in [2.75, 3.05) is 6.54 Å². The number of aliphatic hydroxyl groups is 1. The maximum atomic E-state index is 13.8. The maximum absolute atomic E-state index is 13.8. The third kappa shape index (κ3) is 6.71. The molecule has 4 rings (SSSR count). The molecule has 0 bridgehead atoms. The smallest absolute Gasteiger partial charge is 0.246 e. The highest BCUT2D eigenvalue weighted by Gasteiger charge is 2.53. The van der Waals surface area contributed by atoms with Crippen molar-refractivity contribution in [2.45, 2.75) is 91.6 Å². The molecule has 1 aliphatic carbocycles. The van der Waals surface area contributed by atoms with E-state index in [4.69, 9.17) is 4.74 Å². The van der Waals surface area contributed by atoms with Crippen LogP contribution in [-0.2, 0) is 20.9 Å². The van der Waals surface area contributed by atoms with E-state index in [2.05, 4.69) is 21.7 Å². The van der Waals surface area contributed by atoms with Crippen molar-refractivity contribution in [3.8, 4) is 22.3 Å². The summed E-state index contributed by atoms with van der Waals surface area (Å²) in [5.41, 5.74) is 2.71. The number of aromatic nitrogens is 1. The fourth-order valence-electron chi connectivity index (χ4n) is 4.99. The predicted octanol–water partition coefficient (Wildman–Crippen LogP) is 3.32. The first-order valence-electron chi connectivity index (χ1n) is 13.9. The number of hydrogen-bond donors (Lipinski definition) is 3. The van der Waals surface area contributed by atoms with E-state index in [9.17, 15) is 24.8 Å². The van der Waals surface area contributed by atoms with Gasteiger partial charge in [0, 0.05) is 25.1 Å². The fourth-order valence-corrected chi connectivity index (χ4v) is 5.79. The Morgan fingerprint density at radius 2 is 2.00 bits per heavy atom. The Kier molecular flexibility index (Phi) is 8.76. The molecule has 1 aliphatic heterocycles. The summed E-state index contributed by atoms with van der Waals surface area (Å²) in [6.07, 6.45) is 0.0496. The summed E-state index contributed by atoms with van der Waals surface area (Å²) in [6, 6.07) is 6.02.